The summed E-state index contributed by atoms with van der Waals surface area (Å²) in [5, 5.41) is 0. The molecule has 1 aromatic heterocycles. The molecule has 0 bridgehead atoms. The summed E-state index contributed by atoms with van der Waals surface area (Å²) in [5.41, 5.74) is 1.18. The van der Waals surface area contributed by atoms with Crippen molar-refractivity contribution in [2.45, 2.75) is 6.04 Å². The predicted octanol–water partition coefficient (Wildman–Crippen LogP) is 2.39. The summed E-state index contributed by atoms with van der Waals surface area (Å²) in [6.07, 6.45) is 1.76. The van der Waals surface area contributed by atoms with Gasteiger partial charge in [0.15, 0.2) is 0 Å². The van der Waals surface area contributed by atoms with Crippen molar-refractivity contribution in [2.24, 2.45) is 0 Å². The molecule has 1 unspecified atom stereocenters. The van der Waals surface area contributed by atoms with Gasteiger partial charge in [-0.1, -0.05) is 30.3 Å². The first kappa shape index (κ1) is 12.6. The summed E-state index contributed by atoms with van der Waals surface area (Å²) >= 11 is 0. The first-order valence-corrected chi connectivity index (χ1v) is 5.94. The second kappa shape index (κ2) is 5.23. The molecule has 96 valence electrons. The van der Waals surface area contributed by atoms with Crippen molar-refractivity contribution in [1.82, 2.24) is 9.88 Å². The Balaban J connectivity index is 2.36. The van der Waals surface area contributed by atoms with E-state index in [-0.39, 0.29) is 6.04 Å². The van der Waals surface area contributed by atoms with E-state index in [4.69, 9.17) is 4.42 Å². The fourth-order valence-electron chi connectivity index (χ4n) is 1.91. The van der Waals surface area contributed by atoms with Crippen molar-refractivity contribution in [2.75, 3.05) is 33.1 Å². The number of aromatic nitrogens is 1. The molecule has 0 aliphatic rings. The lowest BCUT2D eigenvalue weighted by molar-refractivity contribution is 0.289. The first-order valence-electron chi connectivity index (χ1n) is 5.94. The van der Waals surface area contributed by atoms with Crippen LogP contribution in [0.1, 0.15) is 17.5 Å². The van der Waals surface area contributed by atoms with Crippen molar-refractivity contribution >= 4 is 5.88 Å². The summed E-state index contributed by atoms with van der Waals surface area (Å²) in [6, 6.07) is 10.3. The van der Waals surface area contributed by atoms with Crippen LogP contribution in [0.3, 0.4) is 0 Å². The Hall–Kier alpha value is -1.81. The molecule has 2 aromatic rings. The van der Waals surface area contributed by atoms with Crippen LogP contribution in [0.2, 0.25) is 0 Å². The molecule has 0 radical (unpaired) electrons. The van der Waals surface area contributed by atoms with Gasteiger partial charge in [0.2, 0.25) is 11.8 Å². The van der Waals surface area contributed by atoms with E-state index in [1.165, 1.54) is 5.56 Å². The molecule has 1 atom stereocenters. The molecular formula is C14H19N3O. The maximum absolute atomic E-state index is 5.80. The Labute approximate surface area is 108 Å². The molecule has 4 heteroatoms. The van der Waals surface area contributed by atoms with Gasteiger partial charge in [-0.25, -0.2) is 4.98 Å². The Morgan fingerprint density at radius 2 is 1.72 bits per heavy atom. The topological polar surface area (TPSA) is 32.5 Å². The van der Waals surface area contributed by atoms with Gasteiger partial charge in [-0.15, -0.1) is 0 Å². The fraction of sp³-hybridized carbons (Fsp3) is 0.357. The predicted molar refractivity (Wildman–Crippen MR) is 72.8 cm³/mol. The minimum Gasteiger partial charge on any atom is -0.423 e. The number of anilines is 1. The Bertz CT molecular complexity index is 491. The third-order valence-electron chi connectivity index (χ3n) is 2.82. The van der Waals surface area contributed by atoms with E-state index in [2.05, 4.69) is 22.0 Å². The van der Waals surface area contributed by atoms with Crippen molar-refractivity contribution in [1.29, 1.82) is 0 Å². The van der Waals surface area contributed by atoms with Gasteiger partial charge in [0.05, 0.1) is 6.20 Å². The zero-order valence-electron chi connectivity index (χ0n) is 11.3. The van der Waals surface area contributed by atoms with E-state index in [0.29, 0.717) is 0 Å². The average molecular weight is 245 g/mol. The largest absolute Gasteiger partial charge is 0.423 e. The van der Waals surface area contributed by atoms with Gasteiger partial charge in [-0.2, -0.15) is 0 Å². The Morgan fingerprint density at radius 3 is 2.22 bits per heavy atom. The van der Waals surface area contributed by atoms with Crippen molar-refractivity contribution in [3.05, 3.63) is 48.0 Å². The van der Waals surface area contributed by atoms with Crippen molar-refractivity contribution in [3.8, 4) is 0 Å². The molecule has 1 aromatic carbocycles. The highest BCUT2D eigenvalue weighted by Gasteiger charge is 2.22. The lowest BCUT2D eigenvalue weighted by Crippen LogP contribution is -2.21. The summed E-state index contributed by atoms with van der Waals surface area (Å²) in [6.45, 7) is 0. The standard InChI is InChI=1S/C14H19N3O/c1-16(2)12-10-15-14(18-12)13(17(3)4)11-8-6-5-7-9-11/h5-10,13H,1-4H3. The SMILES string of the molecule is CN(C)c1cnc(C(c2ccccc2)N(C)C)o1. The van der Waals surface area contributed by atoms with Crippen LogP contribution in [-0.4, -0.2) is 38.1 Å². The first-order chi connectivity index (χ1) is 8.59. The van der Waals surface area contributed by atoms with E-state index in [1.807, 2.05) is 51.3 Å². The second-order valence-corrected chi connectivity index (χ2v) is 4.71. The molecule has 18 heavy (non-hydrogen) atoms. The number of hydrogen-bond donors (Lipinski definition) is 0. The molecule has 0 aliphatic heterocycles. The Kier molecular flexibility index (Phi) is 3.67. The normalized spacial score (nSPS) is 12.7. The van der Waals surface area contributed by atoms with E-state index >= 15 is 0 Å². The summed E-state index contributed by atoms with van der Waals surface area (Å²) in [7, 11) is 7.93. The molecule has 1 heterocycles. The smallest absolute Gasteiger partial charge is 0.218 e. The van der Waals surface area contributed by atoms with Crippen molar-refractivity contribution in [3.63, 3.8) is 0 Å². The lowest BCUT2D eigenvalue weighted by Gasteiger charge is -2.21. The number of nitrogens with zero attached hydrogens (tertiary/aromatic N) is 3. The molecule has 0 amide bonds. The fourth-order valence-corrected chi connectivity index (χ4v) is 1.91. The molecule has 4 nitrogen and oxygen atoms in total. The third kappa shape index (κ3) is 2.54. The molecule has 0 spiro atoms. The molecule has 0 N–H and O–H groups in total. The van der Waals surface area contributed by atoms with Gasteiger partial charge in [0.1, 0.15) is 6.04 Å². The minimum absolute atomic E-state index is 0.0416. The number of rotatable bonds is 4. The van der Waals surface area contributed by atoms with Crippen LogP contribution in [0, 0.1) is 0 Å². The van der Waals surface area contributed by atoms with Gasteiger partial charge in [-0.3, -0.25) is 4.90 Å². The summed E-state index contributed by atoms with van der Waals surface area (Å²) in [4.78, 5) is 8.39. The highest BCUT2D eigenvalue weighted by molar-refractivity contribution is 5.32. The maximum atomic E-state index is 5.80. The number of hydrogen-bond acceptors (Lipinski definition) is 4. The quantitative estimate of drug-likeness (QED) is 0.828. The molecular weight excluding hydrogens is 226 g/mol. The monoisotopic (exact) mass is 245 g/mol. The van der Waals surface area contributed by atoms with E-state index in [9.17, 15) is 0 Å². The van der Waals surface area contributed by atoms with Crippen LogP contribution < -0.4 is 4.90 Å². The molecule has 2 rings (SSSR count). The lowest BCUT2D eigenvalue weighted by atomic mass is 10.1. The van der Waals surface area contributed by atoms with Gasteiger partial charge in [0, 0.05) is 14.1 Å². The van der Waals surface area contributed by atoms with Gasteiger partial charge in [-0.05, 0) is 19.7 Å². The van der Waals surface area contributed by atoms with Crippen LogP contribution >= 0.6 is 0 Å². The van der Waals surface area contributed by atoms with Crippen molar-refractivity contribution < 1.29 is 4.42 Å². The van der Waals surface area contributed by atoms with Crippen LogP contribution in [0.15, 0.2) is 40.9 Å². The molecule has 0 fully saturated rings. The highest BCUT2D eigenvalue weighted by Crippen LogP contribution is 2.27. The minimum atomic E-state index is 0.0416. The van der Waals surface area contributed by atoms with E-state index < -0.39 is 0 Å². The van der Waals surface area contributed by atoms with E-state index in [1.54, 1.807) is 6.20 Å². The zero-order valence-corrected chi connectivity index (χ0v) is 11.3. The third-order valence-corrected chi connectivity index (χ3v) is 2.82. The number of benzene rings is 1. The average Bonchev–Trinajstić information content (AvgIpc) is 2.79. The Morgan fingerprint density at radius 1 is 1.06 bits per heavy atom. The summed E-state index contributed by atoms with van der Waals surface area (Å²) < 4.78 is 5.80. The van der Waals surface area contributed by atoms with Crippen LogP contribution in [-0.2, 0) is 0 Å². The number of oxazole rings is 1. The molecule has 0 aliphatic carbocycles. The zero-order chi connectivity index (χ0) is 13.1. The van der Waals surface area contributed by atoms with Crippen LogP contribution in [0.5, 0.6) is 0 Å². The molecule has 0 saturated heterocycles. The molecule has 0 saturated carbocycles. The van der Waals surface area contributed by atoms with Gasteiger partial charge >= 0.3 is 0 Å². The van der Waals surface area contributed by atoms with Crippen LogP contribution in [0.4, 0.5) is 5.88 Å². The maximum Gasteiger partial charge on any atom is 0.218 e. The summed E-state index contributed by atoms with van der Waals surface area (Å²) in [5.74, 6) is 1.49. The highest BCUT2D eigenvalue weighted by atomic mass is 16.4. The second-order valence-electron chi connectivity index (χ2n) is 4.71. The van der Waals surface area contributed by atoms with Gasteiger partial charge < -0.3 is 9.32 Å². The van der Waals surface area contributed by atoms with Gasteiger partial charge in [0.25, 0.3) is 0 Å². The van der Waals surface area contributed by atoms with E-state index in [0.717, 1.165) is 11.8 Å². The van der Waals surface area contributed by atoms with Crippen LogP contribution in [0.25, 0.3) is 0 Å².